The number of rotatable bonds is 6. The maximum Gasteiger partial charge on any atom is 0.139 e. The number of anilines is 1. The van der Waals surface area contributed by atoms with Crippen LogP contribution in [0.2, 0.25) is 0 Å². The fourth-order valence-corrected chi connectivity index (χ4v) is 5.23. The Hall–Kier alpha value is -2.86. The lowest BCUT2D eigenvalue weighted by atomic mass is 9.87. The van der Waals surface area contributed by atoms with E-state index in [1.165, 1.54) is 4.88 Å². The second-order valence-corrected chi connectivity index (χ2v) is 9.58. The van der Waals surface area contributed by atoms with Gasteiger partial charge in [-0.05, 0) is 56.0 Å². The Morgan fingerprint density at radius 1 is 1.20 bits per heavy atom. The zero-order chi connectivity index (χ0) is 20.5. The number of hydrogen-bond acceptors (Lipinski definition) is 7. The summed E-state index contributed by atoms with van der Waals surface area (Å²) in [5.41, 5.74) is 3.73. The van der Waals surface area contributed by atoms with Gasteiger partial charge >= 0.3 is 0 Å². The van der Waals surface area contributed by atoms with Crippen molar-refractivity contribution in [2.75, 3.05) is 5.32 Å². The third-order valence-electron chi connectivity index (χ3n) is 5.23. The van der Waals surface area contributed by atoms with Crippen molar-refractivity contribution in [3.63, 3.8) is 0 Å². The number of benzene rings is 1. The number of thiazole rings is 1. The van der Waals surface area contributed by atoms with Gasteiger partial charge in [0, 0.05) is 45.8 Å². The summed E-state index contributed by atoms with van der Waals surface area (Å²) in [5.74, 6) is 0. The largest absolute Gasteiger partial charge is 0.381 e. The van der Waals surface area contributed by atoms with Crippen LogP contribution in [0.3, 0.4) is 0 Å². The van der Waals surface area contributed by atoms with E-state index >= 15 is 0 Å². The number of hydrogen-bond donors (Lipinski definition) is 3. The lowest BCUT2D eigenvalue weighted by Crippen LogP contribution is -2.45. The van der Waals surface area contributed by atoms with Gasteiger partial charge in [-0.2, -0.15) is 5.26 Å². The molecule has 0 atom stereocenters. The normalized spacial score (nSPS) is 18.1. The van der Waals surface area contributed by atoms with Crippen LogP contribution >= 0.6 is 23.3 Å². The van der Waals surface area contributed by atoms with Crippen LogP contribution in [-0.4, -0.2) is 27.0 Å². The van der Waals surface area contributed by atoms with Crippen LogP contribution in [0, 0.1) is 18.3 Å². The third kappa shape index (κ3) is 3.79. The van der Waals surface area contributed by atoms with Crippen LogP contribution in [0.1, 0.15) is 23.3 Å². The molecule has 1 aromatic carbocycles. The highest BCUT2D eigenvalue weighted by Crippen LogP contribution is 2.38. The average molecular weight is 433 g/mol. The van der Waals surface area contributed by atoms with Gasteiger partial charge in [-0.25, -0.2) is 9.97 Å². The second kappa shape index (κ2) is 8.11. The molecular formula is C22H20N6S2. The van der Waals surface area contributed by atoms with Gasteiger partial charge in [0.05, 0.1) is 22.9 Å². The third-order valence-corrected chi connectivity index (χ3v) is 7.12. The first kappa shape index (κ1) is 19.1. The Kier molecular flexibility index (Phi) is 5.17. The molecule has 6 nitrogen and oxygen atoms in total. The van der Waals surface area contributed by atoms with Crippen LogP contribution in [0.15, 0.2) is 53.8 Å². The summed E-state index contributed by atoms with van der Waals surface area (Å²) < 4.78 is 3.52. The first-order chi connectivity index (χ1) is 14.7. The number of aryl methyl sites for hydroxylation is 1. The fraction of sp³-hybridized carbons (Fsp3) is 0.227. The molecule has 3 heterocycles. The van der Waals surface area contributed by atoms with Crippen LogP contribution in [0.25, 0.3) is 21.6 Å². The summed E-state index contributed by atoms with van der Waals surface area (Å²) in [7, 11) is 0. The smallest absolute Gasteiger partial charge is 0.139 e. The number of nitrogens with zero attached hydrogens (tertiary/aromatic N) is 3. The summed E-state index contributed by atoms with van der Waals surface area (Å²) in [6, 6.07) is 12.8. The molecule has 1 aliphatic rings. The molecule has 3 aromatic heterocycles. The molecule has 30 heavy (non-hydrogen) atoms. The zero-order valence-corrected chi connectivity index (χ0v) is 18.0. The summed E-state index contributed by atoms with van der Waals surface area (Å²) >= 11 is 3.28. The van der Waals surface area contributed by atoms with Crippen molar-refractivity contribution in [3.8, 4) is 16.6 Å². The summed E-state index contributed by atoms with van der Waals surface area (Å²) in [6.07, 6.45) is 7.82. The van der Waals surface area contributed by atoms with E-state index in [0.717, 1.165) is 45.0 Å². The van der Waals surface area contributed by atoms with Crippen LogP contribution in [0.4, 0.5) is 5.69 Å². The predicted octanol–water partition coefficient (Wildman–Crippen LogP) is 5.11. The van der Waals surface area contributed by atoms with E-state index in [4.69, 9.17) is 5.26 Å². The van der Waals surface area contributed by atoms with E-state index < -0.39 is 0 Å². The molecule has 0 bridgehead atoms. The van der Waals surface area contributed by atoms with Crippen molar-refractivity contribution in [1.82, 2.24) is 19.7 Å². The molecule has 1 saturated carbocycles. The molecule has 0 saturated heterocycles. The van der Waals surface area contributed by atoms with Gasteiger partial charge in [0.15, 0.2) is 0 Å². The highest BCUT2D eigenvalue weighted by molar-refractivity contribution is 7.97. The molecule has 0 unspecified atom stereocenters. The molecule has 5 rings (SSSR count). The molecule has 0 spiro atoms. The number of nitrogens with one attached hydrogen (secondary N) is 3. The number of H-pyrrole nitrogens is 1. The molecule has 8 heteroatoms. The van der Waals surface area contributed by atoms with Gasteiger partial charge < -0.3 is 10.3 Å². The highest BCUT2D eigenvalue weighted by atomic mass is 32.2. The number of aromatic amines is 1. The quantitative estimate of drug-likeness (QED) is 0.367. The molecular weight excluding hydrogens is 412 g/mol. The monoisotopic (exact) mass is 432 g/mol. The number of nitriles is 1. The van der Waals surface area contributed by atoms with Crippen molar-refractivity contribution in [3.05, 3.63) is 59.4 Å². The summed E-state index contributed by atoms with van der Waals surface area (Å²) in [6.45, 7) is 2.07. The molecule has 0 amide bonds. The topological polar surface area (TPSA) is 89.4 Å². The minimum Gasteiger partial charge on any atom is -0.381 e. The first-order valence-electron chi connectivity index (χ1n) is 9.77. The standard InChI is InChI=1S/C22H20N6S2/c1-13-11-26-22(29-13)19-12-25-21-18(5-6-24-21)20(19)27-15-8-16(9-15)28-30-17-4-2-3-14(7-17)10-23/h2-7,11-12,15-16,28H,8-9H2,1H3,(H2,24,25,27). The van der Waals surface area contributed by atoms with Crippen LogP contribution in [0.5, 0.6) is 0 Å². The minimum absolute atomic E-state index is 0.397. The van der Waals surface area contributed by atoms with Crippen molar-refractivity contribution in [2.24, 2.45) is 0 Å². The van der Waals surface area contributed by atoms with Gasteiger partial charge in [-0.15, -0.1) is 11.3 Å². The fourth-order valence-electron chi connectivity index (χ4n) is 3.62. The van der Waals surface area contributed by atoms with E-state index in [-0.39, 0.29) is 0 Å². The predicted molar refractivity (Wildman–Crippen MR) is 123 cm³/mol. The second-order valence-electron chi connectivity index (χ2n) is 7.43. The van der Waals surface area contributed by atoms with Crippen molar-refractivity contribution < 1.29 is 0 Å². The van der Waals surface area contributed by atoms with Gasteiger partial charge in [0.25, 0.3) is 0 Å². The molecule has 1 fully saturated rings. The molecule has 150 valence electrons. The molecule has 4 aromatic rings. The molecule has 3 N–H and O–H groups in total. The Balaban J connectivity index is 1.27. The van der Waals surface area contributed by atoms with Crippen LogP contribution < -0.4 is 10.0 Å². The van der Waals surface area contributed by atoms with Crippen molar-refractivity contribution >= 4 is 40.0 Å². The average Bonchev–Trinajstić information content (AvgIpc) is 3.38. The zero-order valence-electron chi connectivity index (χ0n) is 16.3. The Morgan fingerprint density at radius 3 is 2.90 bits per heavy atom. The van der Waals surface area contributed by atoms with Gasteiger partial charge in [-0.1, -0.05) is 6.07 Å². The number of aromatic nitrogens is 3. The lowest BCUT2D eigenvalue weighted by Gasteiger charge is -2.37. The highest BCUT2D eigenvalue weighted by Gasteiger charge is 2.30. The van der Waals surface area contributed by atoms with Crippen LogP contribution in [-0.2, 0) is 0 Å². The van der Waals surface area contributed by atoms with E-state index in [1.54, 1.807) is 23.3 Å². The SMILES string of the molecule is Cc1cnc(-c2cnc3[nH]ccc3c2NC2CC(NSc3cccc(C#N)c3)C2)s1. The lowest BCUT2D eigenvalue weighted by molar-refractivity contribution is 0.355. The minimum atomic E-state index is 0.397. The van der Waals surface area contributed by atoms with Gasteiger partial charge in [0.1, 0.15) is 10.7 Å². The molecule has 0 aliphatic heterocycles. The number of pyridine rings is 1. The van der Waals surface area contributed by atoms with Gasteiger partial charge in [0.2, 0.25) is 0 Å². The van der Waals surface area contributed by atoms with Crippen molar-refractivity contribution in [1.29, 1.82) is 5.26 Å². The maximum atomic E-state index is 9.04. The molecule has 0 radical (unpaired) electrons. The van der Waals surface area contributed by atoms with E-state index in [1.807, 2.05) is 42.9 Å². The Labute approximate surface area is 182 Å². The summed E-state index contributed by atoms with van der Waals surface area (Å²) in [5, 5.41) is 14.9. The van der Waals surface area contributed by atoms with Gasteiger partial charge in [-0.3, -0.25) is 4.72 Å². The Bertz CT molecular complexity index is 1230. The maximum absolute atomic E-state index is 9.04. The van der Waals surface area contributed by atoms with E-state index in [9.17, 15) is 0 Å². The van der Waals surface area contributed by atoms with E-state index in [0.29, 0.717) is 17.6 Å². The van der Waals surface area contributed by atoms with Crippen molar-refractivity contribution in [2.45, 2.75) is 36.7 Å². The molecule has 1 aliphatic carbocycles. The first-order valence-corrected chi connectivity index (χ1v) is 11.4. The van der Waals surface area contributed by atoms with E-state index in [2.05, 4.69) is 44.1 Å². The Morgan fingerprint density at radius 2 is 2.10 bits per heavy atom. The summed E-state index contributed by atoms with van der Waals surface area (Å²) in [4.78, 5) is 14.6. The number of fused-ring (bicyclic) bond motifs is 1.